The van der Waals surface area contributed by atoms with Crippen molar-refractivity contribution in [2.24, 2.45) is 0 Å². The molecular weight excluding hydrogens is 405 g/mol. The second-order valence-corrected chi connectivity index (χ2v) is 11.2. The van der Waals surface area contributed by atoms with Gasteiger partial charge in [0.1, 0.15) is 28.5 Å². The summed E-state index contributed by atoms with van der Waals surface area (Å²) in [5.74, 6) is 0. The SMILES string of the molecule is CCC/C(NC)=C(/c1ccccc1)[P+](c1ccccc1)(c1ccccc1)c1ccccc1. The standard InChI is InChI=1S/C30H31NP/c1-3-16-29(31-2)30(25-17-8-4-9-18-25)32(26-19-10-5-11-20-26,27-21-12-6-13-22-27)28-23-14-7-15-24-28/h4-15,17-24,31H,3,16H2,1-2H3/q+1/b30-29+. The molecule has 0 amide bonds. The second-order valence-electron chi connectivity index (χ2n) is 7.87. The first kappa shape index (κ1) is 22.1. The van der Waals surface area contributed by atoms with Crippen molar-refractivity contribution in [2.75, 3.05) is 7.05 Å². The minimum atomic E-state index is -2.17. The highest BCUT2D eigenvalue weighted by Crippen LogP contribution is 2.67. The highest BCUT2D eigenvalue weighted by atomic mass is 31.2. The minimum absolute atomic E-state index is 1.01. The summed E-state index contributed by atoms with van der Waals surface area (Å²) in [5, 5.41) is 9.17. The van der Waals surface area contributed by atoms with E-state index in [1.165, 1.54) is 32.5 Å². The summed E-state index contributed by atoms with van der Waals surface area (Å²) in [7, 11) is -0.0975. The van der Waals surface area contributed by atoms with Crippen molar-refractivity contribution >= 4 is 28.5 Å². The normalized spacial score (nSPS) is 12.2. The number of hydrogen-bond donors (Lipinski definition) is 1. The van der Waals surface area contributed by atoms with Gasteiger partial charge in [-0.05, 0) is 42.8 Å². The van der Waals surface area contributed by atoms with Crippen molar-refractivity contribution in [2.45, 2.75) is 19.8 Å². The van der Waals surface area contributed by atoms with Gasteiger partial charge in [0.15, 0.2) is 0 Å². The van der Waals surface area contributed by atoms with Crippen LogP contribution >= 0.6 is 7.26 Å². The summed E-state index contributed by atoms with van der Waals surface area (Å²) < 4.78 is 0. The van der Waals surface area contributed by atoms with Gasteiger partial charge in [-0.15, -0.1) is 0 Å². The number of rotatable bonds is 8. The maximum absolute atomic E-state index is 3.62. The van der Waals surface area contributed by atoms with Crippen LogP contribution in [-0.2, 0) is 0 Å². The molecule has 0 aliphatic carbocycles. The van der Waals surface area contributed by atoms with Crippen LogP contribution in [0.2, 0.25) is 0 Å². The molecule has 0 aromatic heterocycles. The Labute approximate surface area is 193 Å². The first-order valence-electron chi connectivity index (χ1n) is 11.3. The molecule has 0 aliphatic heterocycles. The van der Waals surface area contributed by atoms with E-state index in [0.29, 0.717) is 0 Å². The van der Waals surface area contributed by atoms with E-state index in [4.69, 9.17) is 0 Å². The molecule has 1 N–H and O–H groups in total. The van der Waals surface area contributed by atoms with Crippen LogP contribution in [0.25, 0.3) is 5.31 Å². The molecule has 0 atom stereocenters. The topological polar surface area (TPSA) is 12.0 Å². The van der Waals surface area contributed by atoms with Gasteiger partial charge in [-0.2, -0.15) is 0 Å². The van der Waals surface area contributed by atoms with Gasteiger partial charge in [0.05, 0.1) is 5.70 Å². The van der Waals surface area contributed by atoms with E-state index in [1.54, 1.807) is 0 Å². The Morgan fingerprint density at radius 1 is 0.594 bits per heavy atom. The average Bonchev–Trinajstić information content (AvgIpc) is 2.88. The average molecular weight is 437 g/mol. The molecular formula is C30H31NP+. The van der Waals surface area contributed by atoms with E-state index >= 15 is 0 Å². The molecule has 0 bridgehead atoms. The van der Waals surface area contributed by atoms with Gasteiger partial charge in [0.25, 0.3) is 0 Å². The monoisotopic (exact) mass is 436 g/mol. The zero-order valence-electron chi connectivity index (χ0n) is 18.9. The van der Waals surface area contributed by atoms with Crippen molar-refractivity contribution in [3.05, 3.63) is 133 Å². The highest BCUT2D eigenvalue weighted by Gasteiger charge is 2.51. The van der Waals surface area contributed by atoms with Gasteiger partial charge in [-0.3, -0.25) is 0 Å². The van der Waals surface area contributed by atoms with Crippen LogP contribution in [0.15, 0.2) is 127 Å². The van der Waals surface area contributed by atoms with Gasteiger partial charge < -0.3 is 5.32 Å². The van der Waals surface area contributed by atoms with Gasteiger partial charge in [0, 0.05) is 12.6 Å². The molecule has 0 heterocycles. The van der Waals surface area contributed by atoms with Crippen molar-refractivity contribution in [3.63, 3.8) is 0 Å². The predicted octanol–water partition coefficient (Wildman–Crippen LogP) is 6.37. The van der Waals surface area contributed by atoms with E-state index < -0.39 is 7.26 Å². The fourth-order valence-corrected chi connectivity index (χ4v) is 9.26. The van der Waals surface area contributed by atoms with Gasteiger partial charge >= 0.3 is 0 Å². The molecule has 2 heteroatoms. The number of nitrogens with one attached hydrogen (secondary N) is 1. The van der Waals surface area contributed by atoms with Crippen LogP contribution in [0.1, 0.15) is 25.3 Å². The number of benzene rings is 4. The number of allylic oxidation sites excluding steroid dienone is 1. The quantitative estimate of drug-likeness (QED) is 0.317. The van der Waals surface area contributed by atoms with Crippen molar-refractivity contribution < 1.29 is 0 Å². The largest absolute Gasteiger partial charge is 0.388 e. The lowest BCUT2D eigenvalue weighted by Crippen LogP contribution is -2.33. The van der Waals surface area contributed by atoms with E-state index in [9.17, 15) is 0 Å². The molecule has 1 nitrogen and oxygen atoms in total. The molecule has 160 valence electrons. The van der Waals surface area contributed by atoms with Crippen molar-refractivity contribution in [3.8, 4) is 0 Å². The molecule has 0 aliphatic rings. The Kier molecular flexibility index (Phi) is 7.20. The van der Waals surface area contributed by atoms with Crippen LogP contribution in [-0.4, -0.2) is 7.05 Å². The predicted molar refractivity (Wildman–Crippen MR) is 142 cm³/mol. The van der Waals surface area contributed by atoms with E-state index in [-0.39, 0.29) is 0 Å². The first-order chi connectivity index (χ1) is 15.8. The summed E-state index contributed by atoms with van der Waals surface area (Å²) in [6.45, 7) is 2.26. The third kappa shape index (κ3) is 4.14. The lowest BCUT2D eigenvalue weighted by atomic mass is 10.1. The molecule has 4 rings (SSSR count). The first-order valence-corrected chi connectivity index (χ1v) is 13.1. The van der Waals surface area contributed by atoms with Gasteiger partial charge in [-0.25, -0.2) is 0 Å². The molecule has 0 spiro atoms. The Balaban J connectivity index is 2.22. The smallest absolute Gasteiger partial charge is 0.146 e. The summed E-state index contributed by atoms with van der Waals surface area (Å²) in [4.78, 5) is 0. The maximum Gasteiger partial charge on any atom is 0.146 e. The Morgan fingerprint density at radius 3 is 1.31 bits per heavy atom. The molecule has 0 saturated heterocycles. The highest BCUT2D eigenvalue weighted by molar-refractivity contribution is 8.03. The molecule has 0 unspecified atom stereocenters. The Bertz CT molecular complexity index is 1040. The third-order valence-electron chi connectivity index (χ3n) is 5.90. The third-order valence-corrected chi connectivity index (χ3v) is 10.3. The summed E-state index contributed by atoms with van der Waals surface area (Å²) in [5.41, 5.74) is 2.61. The van der Waals surface area contributed by atoms with Crippen LogP contribution < -0.4 is 21.2 Å². The Morgan fingerprint density at radius 2 is 0.969 bits per heavy atom. The fraction of sp³-hybridized carbons (Fsp3) is 0.133. The molecule has 0 saturated carbocycles. The molecule has 4 aromatic carbocycles. The number of hydrogen-bond acceptors (Lipinski definition) is 1. The minimum Gasteiger partial charge on any atom is -0.388 e. The molecule has 0 radical (unpaired) electrons. The lowest BCUT2D eigenvalue weighted by molar-refractivity contribution is 0.822. The van der Waals surface area contributed by atoms with Crippen LogP contribution in [0.5, 0.6) is 0 Å². The molecule has 4 aromatic rings. The van der Waals surface area contributed by atoms with Crippen molar-refractivity contribution in [1.29, 1.82) is 0 Å². The van der Waals surface area contributed by atoms with Crippen LogP contribution in [0.4, 0.5) is 0 Å². The fourth-order valence-electron chi connectivity index (χ4n) is 4.57. The van der Waals surface area contributed by atoms with E-state index in [0.717, 1.165) is 12.8 Å². The lowest BCUT2D eigenvalue weighted by Gasteiger charge is -2.31. The van der Waals surface area contributed by atoms with E-state index in [1.807, 2.05) is 0 Å². The molecule has 0 fully saturated rings. The Hall–Kier alpha value is -3.15. The van der Waals surface area contributed by atoms with Crippen LogP contribution in [0.3, 0.4) is 0 Å². The zero-order chi connectivity index (χ0) is 22.2. The van der Waals surface area contributed by atoms with E-state index in [2.05, 4.69) is 141 Å². The summed E-state index contributed by atoms with van der Waals surface area (Å²) in [6, 6.07) is 44.3. The summed E-state index contributed by atoms with van der Waals surface area (Å²) >= 11 is 0. The maximum atomic E-state index is 3.62. The van der Waals surface area contributed by atoms with Gasteiger partial charge in [-0.1, -0.05) is 98.3 Å². The molecule has 32 heavy (non-hydrogen) atoms. The summed E-state index contributed by atoms with van der Waals surface area (Å²) in [6.07, 6.45) is 2.10. The zero-order valence-corrected chi connectivity index (χ0v) is 19.8. The van der Waals surface area contributed by atoms with Crippen molar-refractivity contribution in [1.82, 2.24) is 5.32 Å². The van der Waals surface area contributed by atoms with Crippen LogP contribution in [0, 0.1) is 0 Å². The second kappa shape index (κ2) is 10.4. The van der Waals surface area contributed by atoms with Gasteiger partial charge in [0.2, 0.25) is 0 Å².